The van der Waals surface area contributed by atoms with E-state index in [-0.39, 0.29) is 10.9 Å². The van der Waals surface area contributed by atoms with Crippen LogP contribution in [0.25, 0.3) is 0 Å². The van der Waals surface area contributed by atoms with Crippen molar-refractivity contribution < 1.29 is 9.18 Å². The predicted octanol–water partition coefficient (Wildman–Crippen LogP) is 2.65. The Morgan fingerprint density at radius 3 is 2.71 bits per heavy atom. The lowest BCUT2D eigenvalue weighted by Crippen LogP contribution is -2.50. The van der Waals surface area contributed by atoms with Gasteiger partial charge in [-0.05, 0) is 42.9 Å². The fourth-order valence-electron chi connectivity index (χ4n) is 4.33. The molecule has 0 saturated carbocycles. The molecular formula is C16H18ClFN2O. The molecular weight excluding hydrogens is 291 g/mol. The van der Waals surface area contributed by atoms with Crippen molar-refractivity contribution in [3.8, 4) is 0 Å². The molecule has 3 nitrogen and oxygen atoms in total. The van der Waals surface area contributed by atoms with Crippen molar-refractivity contribution in [2.45, 2.75) is 18.9 Å². The van der Waals surface area contributed by atoms with E-state index in [0.717, 1.165) is 32.0 Å². The average molecular weight is 309 g/mol. The summed E-state index contributed by atoms with van der Waals surface area (Å²) in [5.74, 6) is 0.833. The second kappa shape index (κ2) is 4.96. The summed E-state index contributed by atoms with van der Waals surface area (Å²) in [5, 5.41) is 0.0187. The SMILES string of the molecule is O=C(c1ccc(F)c(Cl)c1)N1CC2CC3CC1CN(C3)C2. The van der Waals surface area contributed by atoms with Gasteiger partial charge in [-0.25, -0.2) is 4.39 Å². The van der Waals surface area contributed by atoms with Gasteiger partial charge in [-0.15, -0.1) is 0 Å². The number of piperidine rings is 2. The van der Waals surface area contributed by atoms with Crippen LogP contribution in [0.15, 0.2) is 18.2 Å². The standard InChI is InChI=1S/C16H18ClFN2O/c17-14-5-12(1-2-15(14)18)16(21)20-8-11-3-10-4-13(20)9-19(6-10)7-11/h1-2,5,10-11,13H,3-4,6-9H2. The van der Waals surface area contributed by atoms with Crippen LogP contribution in [0.1, 0.15) is 23.2 Å². The van der Waals surface area contributed by atoms with E-state index < -0.39 is 5.82 Å². The van der Waals surface area contributed by atoms with Gasteiger partial charge in [-0.3, -0.25) is 4.79 Å². The van der Waals surface area contributed by atoms with Crippen LogP contribution in [0.2, 0.25) is 5.02 Å². The quantitative estimate of drug-likeness (QED) is 0.796. The number of fused-ring (bicyclic) bond motifs is 1. The first-order chi connectivity index (χ1) is 10.1. The zero-order valence-electron chi connectivity index (χ0n) is 11.8. The Labute approximate surface area is 128 Å². The maximum atomic E-state index is 13.3. The summed E-state index contributed by atoms with van der Waals surface area (Å²) < 4.78 is 13.3. The van der Waals surface area contributed by atoms with Crippen LogP contribution >= 0.6 is 11.6 Å². The van der Waals surface area contributed by atoms with Crippen molar-refractivity contribution >= 4 is 17.5 Å². The molecule has 4 aliphatic rings. The highest BCUT2D eigenvalue weighted by molar-refractivity contribution is 6.31. The molecule has 1 aromatic carbocycles. The molecule has 4 heterocycles. The van der Waals surface area contributed by atoms with Gasteiger partial charge in [-0.1, -0.05) is 11.6 Å². The number of carbonyl (C=O) groups is 1. The largest absolute Gasteiger partial charge is 0.334 e. The van der Waals surface area contributed by atoms with Gasteiger partial charge < -0.3 is 9.80 Å². The number of benzene rings is 1. The van der Waals surface area contributed by atoms with Crippen molar-refractivity contribution in [2.24, 2.45) is 11.8 Å². The first-order valence-corrected chi connectivity index (χ1v) is 7.96. The van der Waals surface area contributed by atoms with E-state index in [1.54, 1.807) is 6.07 Å². The average Bonchev–Trinajstić information content (AvgIpc) is 2.65. The summed E-state index contributed by atoms with van der Waals surface area (Å²) in [5.41, 5.74) is 0.498. The molecule has 21 heavy (non-hydrogen) atoms. The molecule has 4 saturated heterocycles. The summed E-state index contributed by atoms with van der Waals surface area (Å²) in [6.07, 6.45) is 2.34. The van der Waals surface area contributed by atoms with Crippen molar-refractivity contribution in [2.75, 3.05) is 26.2 Å². The summed E-state index contributed by atoms with van der Waals surface area (Å²) in [7, 11) is 0. The van der Waals surface area contributed by atoms with Gasteiger partial charge in [-0.2, -0.15) is 0 Å². The number of hydrogen-bond donors (Lipinski definition) is 0. The second-order valence-corrected chi connectivity index (χ2v) is 7.07. The summed E-state index contributed by atoms with van der Waals surface area (Å²) in [4.78, 5) is 17.3. The Hall–Kier alpha value is -1.13. The Balaban J connectivity index is 1.63. The Morgan fingerprint density at radius 2 is 1.95 bits per heavy atom. The highest BCUT2D eigenvalue weighted by Crippen LogP contribution is 2.37. The third-order valence-corrected chi connectivity index (χ3v) is 5.39. The van der Waals surface area contributed by atoms with Crippen LogP contribution in [-0.4, -0.2) is 47.9 Å². The maximum Gasteiger partial charge on any atom is 0.254 e. The van der Waals surface area contributed by atoms with Crippen LogP contribution in [0.3, 0.4) is 0 Å². The molecule has 4 bridgehead atoms. The van der Waals surface area contributed by atoms with Gasteiger partial charge in [0, 0.05) is 37.8 Å². The first-order valence-electron chi connectivity index (χ1n) is 7.58. The fraction of sp³-hybridized carbons (Fsp3) is 0.562. The molecule has 0 aromatic heterocycles. The van der Waals surface area contributed by atoms with Gasteiger partial charge in [0.25, 0.3) is 5.91 Å². The third kappa shape index (κ3) is 2.34. The summed E-state index contributed by atoms with van der Waals surface area (Å²) >= 11 is 5.82. The highest BCUT2D eigenvalue weighted by Gasteiger charge is 2.43. The van der Waals surface area contributed by atoms with E-state index in [0.29, 0.717) is 17.5 Å². The lowest BCUT2D eigenvalue weighted by Gasteiger charge is -2.41. The Morgan fingerprint density at radius 1 is 1.14 bits per heavy atom. The molecule has 112 valence electrons. The van der Waals surface area contributed by atoms with E-state index in [2.05, 4.69) is 4.90 Å². The molecule has 1 aromatic rings. The minimum absolute atomic E-state index is 0.00343. The Kier molecular flexibility index (Phi) is 3.19. The van der Waals surface area contributed by atoms with Crippen LogP contribution < -0.4 is 0 Å². The minimum Gasteiger partial charge on any atom is -0.334 e. The van der Waals surface area contributed by atoms with Gasteiger partial charge in [0.1, 0.15) is 5.82 Å². The lowest BCUT2D eigenvalue weighted by molar-refractivity contribution is 0.0573. The molecule has 4 atom stereocenters. The maximum absolute atomic E-state index is 13.3. The van der Waals surface area contributed by atoms with E-state index in [1.807, 2.05) is 4.90 Å². The third-order valence-electron chi connectivity index (χ3n) is 5.10. The van der Waals surface area contributed by atoms with Gasteiger partial charge in [0.2, 0.25) is 0 Å². The smallest absolute Gasteiger partial charge is 0.254 e. The highest BCUT2D eigenvalue weighted by atomic mass is 35.5. The van der Waals surface area contributed by atoms with Crippen molar-refractivity contribution in [1.82, 2.24) is 9.80 Å². The van der Waals surface area contributed by atoms with Crippen LogP contribution in [-0.2, 0) is 0 Å². The van der Waals surface area contributed by atoms with Crippen LogP contribution in [0.5, 0.6) is 0 Å². The van der Waals surface area contributed by atoms with Crippen molar-refractivity contribution in [3.05, 3.63) is 34.6 Å². The molecule has 0 aliphatic carbocycles. The van der Waals surface area contributed by atoms with Gasteiger partial charge in [0.15, 0.2) is 0 Å². The first kappa shape index (κ1) is 13.5. The summed E-state index contributed by atoms with van der Waals surface area (Å²) in [6, 6.07) is 4.57. The Bertz CT molecular complexity index is 580. The number of nitrogens with zero attached hydrogens (tertiary/aromatic N) is 2. The van der Waals surface area contributed by atoms with Crippen LogP contribution in [0, 0.1) is 17.7 Å². The molecule has 4 aliphatic heterocycles. The molecule has 5 rings (SSSR count). The summed E-state index contributed by atoms with van der Waals surface area (Å²) in [6.45, 7) is 4.11. The zero-order chi connectivity index (χ0) is 14.6. The van der Waals surface area contributed by atoms with Crippen molar-refractivity contribution in [1.29, 1.82) is 0 Å². The minimum atomic E-state index is -0.477. The van der Waals surface area contributed by atoms with E-state index in [9.17, 15) is 9.18 Å². The van der Waals surface area contributed by atoms with Crippen LogP contribution in [0.4, 0.5) is 4.39 Å². The monoisotopic (exact) mass is 308 g/mol. The predicted molar refractivity (Wildman–Crippen MR) is 78.9 cm³/mol. The molecule has 5 heteroatoms. The number of amides is 1. The normalized spacial score (nSPS) is 34.1. The number of halogens is 2. The van der Waals surface area contributed by atoms with Gasteiger partial charge in [0.05, 0.1) is 5.02 Å². The zero-order valence-corrected chi connectivity index (χ0v) is 12.5. The van der Waals surface area contributed by atoms with E-state index >= 15 is 0 Å². The second-order valence-electron chi connectivity index (χ2n) is 6.66. The molecule has 1 amide bonds. The fourth-order valence-corrected chi connectivity index (χ4v) is 4.51. The lowest BCUT2D eigenvalue weighted by atomic mass is 9.84. The number of rotatable bonds is 1. The number of hydrogen-bond acceptors (Lipinski definition) is 2. The molecule has 0 N–H and O–H groups in total. The molecule has 0 spiro atoms. The molecule has 0 radical (unpaired) electrons. The number of carbonyl (C=O) groups excluding carboxylic acids is 1. The molecule has 4 fully saturated rings. The topological polar surface area (TPSA) is 23.6 Å². The van der Waals surface area contributed by atoms with Gasteiger partial charge >= 0.3 is 0 Å². The van der Waals surface area contributed by atoms with Crippen molar-refractivity contribution in [3.63, 3.8) is 0 Å². The van der Waals surface area contributed by atoms with E-state index in [1.165, 1.54) is 25.1 Å². The van der Waals surface area contributed by atoms with E-state index in [4.69, 9.17) is 11.6 Å². The molecule has 4 unspecified atom stereocenters.